The highest BCUT2D eigenvalue weighted by Gasteiger charge is 2.24. The highest BCUT2D eigenvalue weighted by atomic mass is 35.5. The first-order valence-corrected chi connectivity index (χ1v) is 11.6. The van der Waals surface area contributed by atoms with Crippen molar-refractivity contribution in [2.45, 2.75) is 38.6 Å². The quantitative estimate of drug-likeness (QED) is 0.611. The molecule has 31 heavy (non-hydrogen) atoms. The monoisotopic (exact) mass is 442 g/mol. The van der Waals surface area contributed by atoms with Gasteiger partial charge >= 0.3 is 0 Å². The molecule has 0 spiro atoms. The molecule has 2 saturated heterocycles. The van der Waals surface area contributed by atoms with Crippen LogP contribution < -0.4 is 16.0 Å². The predicted octanol–water partition coefficient (Wildman–Crippen LogP) is 4.57. The summed E-state index contributed by atoms with van der Waals surface area (Å²) in [6.07, 6.45) is 5.70. The number of ether oxygens (including phenoxy) is 1. The van der Waals surface area contributed by atoms with E-state index in [1.807, 2.05) is 18.2 Å². The summed E-state index contributed by atoms with van der Waals surface area (Å²) in [5.41, 5.74) is 2.91. The van der Waals surface area contributed by atoms with Crippen LogP contribution in [0.15, 0.2) is 36.5 Å². The van der Waals surface area contributed by atoms with Crippen molar-refractivity contribution in [3.05, 3.63) is 41.6 Å². The van der Waals surface area contributed by atoms with Gasteiger partial charge in [0.15, 0.2) is 0 Å². The van der Waals surface area contributed by atoms with E-state index in [0.717, 1.165) is 62.3 Å². The van der Waals surface area contributed by atoms with Gasteiger partial charge in [0.05, 0.1) is 10.9 Å². The van der Waals surface area contributed by atoms with Crippen molar-refractivity contribution >= 4 is 29.0 Å². The molecule has 2 fully saturated rings. The largest absolute Gasteiger partial charge is 0.385 e. The van der Waals surface area contributed by atoms with E-state index < -0.39 is 0 Å². The van der Waals surface area contributed by atoms with Gasteiger partial charge in [-0.25, -0.2) is 4.98 Å². The van der Waals surface area contributed by atoms with Crippen molar-refractivity contribution in [3.8, 4) is 11.1 Å². The molecule has 0 aliphatic carbocycles. The first-order valence-electron chi connectivity index (χ1n) is 11.2. The second kappa shape index (κ2) is 10.4. The van der Waals surface area contributed by atoms with E-state index >= 15 is 0 Å². The maximum Gasteiger partial charge on any atom is 0.229 e. The van der Waals surface area contributed by atoms with Crippen molar-refractivity contribution in [1.29, 1.82) is 0 Å². The van der Waals surface area contributed by atoms with Crippen LogP contribution in [0, 0.1) is 11.8 Å². The normalized spacial score (nSPS) is 22.1. The van der Waals surface area contributed by atoms with Gasteiger partial charge in [-0.15, -0.1) is 0 Å². The smallest absolute Gasteiger partial charge is 0.229 e. The Morgan fingerprint density at radius 1 is 1.23 bits per heavy atom. The second-order valence-electron chi connectivity index (χ2n) is 8.64. The first kappa shape index (κ1) is 22.1. The molecular weight excluding hydrogens is 412 g/mol. The molecule has 1 aromatic carbocycles. The number of hydrogen-bond donors (Lipinski definition) is 3. The lowest BCUT2D eigenvalue weighted by molar-refractivity contribution is -0.120. The highest BCUT2D eigenvalue weighted by molar-refractivity contribution is 6.33. The Labute approximate surface area is 189 Å². The standard InChI is InChI=1S/C24H31ClN4O2/c1-16-5-6-19(14-26-16)24(30)29-23-12-21(22(25)15-28-23)18-3-2-4-20(11-18)27-13-17-7-9-31-10-8-17/h2-4,11-12,15-17,19,26-27H,5-10,13-14H2,1H3,(H,28,29,30)/t16-,19+/m0/s1. The fourth-order valence-corrected chi connectivity index (χ4v) is 4.40. The Kier molecular flexibility index (Phi) is 7.43. The fraction of sp³-hybridized carbons (Fsp3) is 0.500. The van der Waals surface area contributed by atoms with Crippen LogP contribution in [-0.2, 0) is 9.53 Å². The summed E-state index contributed by atoms with van der Waals surface area (Å²) < 4.78 is 5.44. The zero-order valence-corrected chi connectivity index (χ0v) is 18.8. The maximum absolute atomic E-state index is 12.7. The van der Waals surface area contributed by atoms with E-state index in [9.17, 15) is 4.79 Å². The minimum atomic E-state index is -0.0326. The molecule has 0 bridgehead atoms. The second-order valence-corrected chi connectivity index (χ2v) is 9.05. The molecule has 2 aromatic rings. The molecule has 2 aliphatic heterocycles. The zero-order chi connectivity index (χ0) is 21.6. The number of benzene rings is 1. The van der Waals surface area contributed by atoms with Gasteiger partial charge in [0, 0.05) is 49.8 Å². The Morgan fingerprint density at radius 3 is 2.84 bits per heavy atom. The van der Waals surface area contributed by atoms with Crippen molar-refractivity contribution in [1.82, 2.24) is 10.3 Å². The molecule has 166 valence electrons. The minimum absolute atomic E-state index is 0.00653. The number of nitrogens with one attached hydrogen (secondary N) is 3. The number of carbonyl (C=O) groups excluding carboxylic acids is 1. The Hall–Kier alpha value is -2.15. The van der Waals surface area contributed by atoms with Crippen LogP contribution >= 0.6 is 11.6 Å². The van der Waals surface area contributed by atoms with E-state index in [1.54, 1.807) is 6.20 Å². The number of amides is 1. The molecule has 6 nitrogen and oxygen atoms in total. The molecule has 3 N–H and O–H groups in total. The van der Waals surface area contributed by atoms with Crippen LogP contribution in [0.3, 0.4) is 0 Å². The van der Waals surface area contributed by atoms with E-state index in [4.69, 9.17) is 16.3 Å². The fourth-order valence-electron chi connectivity index (χ4n) is 4.19. The number of rotatable bonds is 6. The number of anilines is 2. The number of halogens is 1. The van der Waals surface area contributed by atoms with E-state index in [0.29, 0.717) is 29.3 Å². The Morgan fingerprint density at radius 2 is 2.06 bits per heavy atom. The van der Waals surface area contributed by atoms with Crippen LogP contribution in [-0.4, -0.2) is 43.2 Å². The van der Waals surface area contributed by atoms with Crippen LogP contribution in [0.4, 0.5) is 11.5 Å². The summed E-state index contributed by atoms with van der Waals surface area (Å²) in [4.78, 5) is 17.0. The minimum Gasteiger partial charge on any atom is -0.385 e. The van der Waals surface area contributed by atoms with Crippen molar-refractivity contribution in [2.75, 3.05) is 36.9 Å². The summed E-state index contributed by atoms with van der Waals surface area (Å²) in [6, 6.07) is 10.5. The molecule has 3 heterocycles. The van der Waals surface area contributed by atoms with Gasteiger partial charge in [-0.05, 0) is 62.3 Å². The summed E-state index contributed by atoms with van der Waals surface area (Å²) in [5.74, 6) is 1.14. The number of hydrogen-bond acceptors (Lipinski definition) is 5. The number of pyridine rings is 1. The van der Waals surface area contributed by atoms with Crippen molar-refractivity contribution < 1.29 is 9.53 Å². The average Bonchev–Trinajstić information content (AvgIpc) is 2.80. The summed E-state index contributed by atoms with van der Waals surface area (Å²) in [5, 5.41) is 10.5. The lowest BCUT2D eigenvalue weighted by Gasteiger charge is -2.26. The van der Waals surface area contributed by atoms with Crippen LogP contribution in [0.5, 0.6) is 0 Å². The first-order chi connectivity index (χ1) is 15.1. The van der Waals surface area contributed by atoms with E-state index in [2.05, 4.69) is 40.0 Å². The van der Waals surface area contributed by atoms with Crippen LogP contribution in [0.25, 0.3) is 11.1 Å². The SMILES string of the molecule is C[C@H]1CC[C@@H](C(=O)Nc2cc(-c3cccc(NCC4CCOCC4)c3)c(Cl)cn2)CN1. The van der Waals surface area contributed by atoms with Gasteiger partial charge in [-0.3, -0.25) is 4.79 Å². The number of piperidine rings is 1. The average molecular weight is 443 g/mol. The molecule has 2 atom stereocenters. The summed E-state index contributed by atoms with van der Waals surface area (Å²) >= 11 is 6.46. The Bertz CT molecular complexity index is 893. The van der Waals surface area contributed by atoms with Crippen LogP contribution in [0.2, 0.25) is 5.02 Å². The van der Waals surface area contributed by atoms with Gasteiger partial charge in [0.1, 0.15) is 5.82 Å². The van der Waals surface area contributed by atoms with Gasteiger partial charge in [0.25, 0.3) is 0 Å². The topological polar surface area (TPSA) is 75.3 Å². The predicted molar refractivity (Wildman–Crippen MR) is 126 cm³/mol. The molecule has 0 unspecified atom stereocenters. The lowest BCUT2D eigenvalue weighted by atomic mass is 9.95. The molecule has 0 saturated carbocycles. The molecule has 2 aliphatic rings. The lowest BCUT2D eigenvalue weighted by Crippen LogP contribution is -2.41. The molecule has 1 amide bonds. The molecule has 7 heteroatoms. The van der Waals surface area contributed by atoms with Crippen molar-refractivity contribution in [2.24, 2.45) is 11.8 Å². The third-order valence-corrected chi connectivity index (χ3v) is 6.55. The van der Waals surface area contributed by atoms with E-state index in [1.165, 1.54) is 0 Å². The summed E-state index contributed by atoms with van der Waals surface area (Å²) in [7, 11) is 0. The maximum atomic E-state index is 12.7. The highest BCUT2D eigenvalue weighted by Crippen LogP contribution is 2.31. The molecule has 0 radical (unpaired) electrons. The van der Waals surface area contributed by atoms with Gasteiger partial charge in [-0.2, -0.15) is 0 Å². The number of nitrogens with zero attached hydrogens (tertiary/aromatic N) is 1. The number of carbonyl (C=O) groups is 1. The molecular formula is C24H31ClN4O2. The molecule has 4 rings (SSSR count). The third kappa shape index (κ3) is 5.97. The number of aromatic nitrogens is 1. The van der Waals surface area contributed by atoms with Crippen LogP contribution in [0.1, 0.15) is 32.6 Å². The Balaban J connectivity index is 1.43. The summed E-state index contributed by atoms with van der Waals surface area (Å²) in [6.45, 7) is 5.49. The van der Waals surface area contributed by atoms with Gasteiger partial charge in [0.2, 0.25) is 5.91 Å². The van der Waals surface area contributed by atoms with Gasteiger partial charge in [-0.1, -0.05) is 23.7 Å². The van der Waals surface area contributed by atoms with E-state index in [-0.39, 0.29) is 11.8 Å². The zero-order valence-electron chi connectivity index (χ0n) is 18.0. The third-order valence-electron chi connectivity index (χ3n) is 6.25. The molecule has 1 aromatic heterocycles. The van der Waals surface area contributed by atoms with Gasteiger partial charge < -0.3 is 20.7 Å². The van der Waals surface area contributed by atoms with Crippen molar-refractivity contribution in [3.63, 3.8) is 0 Å².